The lowest BCUT2D eigenvalue weighted by Crippen LogP contribution is -2.11. The minimum Gasteiger partial charge on any atom is -0.450 e. The molecular formula is C48H31N3O2. The molecule has 0 fully saturated rings. The Balaban J connectivity index is 1.09. The van der Waals surface area contributed by atoms with Crippen molar-refractivity contribution in [1.29, 1.82) is 0 Å². The van der Waals surface area contributed by atoms with Gasteiger partial charge in [0.1, 0.15) is 0 Å². The first-order valence-electron chi connectivity index (χ1n) is 17.8. The summed E-state index contributed by atoms with van der Waals surface area (Å²) in [7, 11) is 0. The predicted octanol–water partition coefficient (Wildman–Crippen LogP) is 13.2. The van der Waals surface area contributed by atoms with Gasteiger partial charge in [0.25, 0.3) is 0 Å². The van der Waals surface area contributed by atoms with Crippen molar-refractivity contribution in [3.05, 3.63) is 188 Å². The molecule has 2 aromatic heterocycles. The molecule has 5 nitrogen and oxygen atoms in total. The van der Waals surface area contributed by atoms with Crippen LogP contribution in [-0.4, -0.2) is 9.13 Å². The predicted molar refractivity (Wildman–Crippen MR) is 216 cm³/mol. The fourth-order valence-electron chi connectivity index (χ4n) is 8.01. The van der Waals surface area contributed by atoms with Gasteiger partial charge in [0.15, 0.2) is 23.0 Å². The van der Waals surface area contributed by atoms with Crippen molar-refractivity contribution in [2.24, 2.45) is 0 Å². The van der Waals surface area contributed by atoms with Crippen molar-refractivity contribution in [3.63, 3.8) is 0 Å². The van der Waals surface area contributed by atoms with Crippen molar-refractivity contribution in [2.75, 3.05) is 4.90 Å². The van der Waals surface area contributed by atoms with Crippen LogP contribution in [0.4, 0.5) is 17.1 Å². The highest BCUT2D eigenvalue weighted by Crippen LogP contribution is 2.48. The van der Waals surface area contributed by atoms with Crippen molar-refractivity contribution < 1.29 is 9.47 Å². The van der Waals surface area contributed by atoms with E-state index in [-0.39, 0.29) is 0 Å². The Bertz CT molecular complexity index is 2960. The van der Waals surface area contributed by atoms with Crippen LogP contribution in [0.2, 0.25) is 0 Å². The van der Waals surface area contributed by atoms with Crippen molar-refractivity contribution in [2.45, 2.75) is 0 Å². The summed E-state index contributed by atoms with van der Waals surface area (Å²) in [6.45, 7) is 0. The molecule has 10 aromatic rings. The quantitative estimate of drug-likeness (QED) is 0.181. The number of anilines is 3. The molecule has 8 aromatic carbocycles. The molecule has 0 aliphatic carbocycles. The van der Waals surface area contributed by atoms with E-state index in [1.807, 2.05) is 30.3 Å². The topological polar surface area (TPSA) is 31.6 Å². The summed E-state index contributed by atoms with van der Waals surface area (Å²) < 4.78 is 17.4. The van der Waals surface area contributed by atoms with Gasteiger partial charge in [-0.25, -0.2) is 0 Å². The number of aromatic nitrogens is 2. The Hall–Kier alpha value is -7.24. The van der Waals surface area contributed by atoms with E-state index < -0.39 is 0 Å². The van der Waals surface area contributed by atoms with E-state index in [1.165, 1.54) is 38.1 Å². The second-order valence-corrected chi connectivity index (χ2v) is 13.4. The van der Waals surface area contributed by atoms with Gasteiger partial charge in [-0.3, -0.25) is 0 Å². The summed E-state index contributed by atoms with van der Waals surface area (Å²) >= 11 is 0. The monoisotopic (exact) mass is 681 g/mol. The van der Waals surface area contributed by atoms with Crippen LogP contribution in [0.1, 0.15) is 0 Å². The molecule has 0 unspecified atom stereocenters. The Morgan fingerprint density at radius 2 is 0.736 bits per heavy atom. The zero-order chi connectivity index (χ0) is 34.9. The third-order valence-electron chi connectivity index (χ3n) is 10.3. The summed E-state index contributed by atoms with van der Waals surface area (Å²) in [4.78, 5) is 2.30. The van der Waals surface area contributed by atoms with Crippen LogP contribution < -0.4 is 14.4 Å². The maximum absolute atomic E-state index is 6.41. The number of hydrogen-bond donors (Lipinski definition) is 0. The molecule has 1 aliphatic heterocycles. The fourth-order valence-corrected chi connectivity index (χ4v) is 8.01. The first-order chi connectivity index (χ1) is 26.3. The number of nitrogens with zero attached hydrogens (tertiary/aromatic N) is 3. The summed E-state index contributed by atoms with van der Waals surface area (Å²) in [5, 5.41) is 4.87. The zero-order valence-electron chi connectivity index (χ0n) is 28.6. The van der Waals surface area contributed by atoms with E-state index in [9.17, 15) is 0 Å². The fraction of sp³-hybridized carbons (Fsp3) is 0. The Morgan fingerprint density at radius 3 is 1.38 bits per heavy atom. The first kappa shape index (κ1) is 29.5. The Kier molecular flexibility index (Phi) is 6.48. The van der Waals surface area contributed by atoms with Crippen molar-refractivity contribution in [3.8, 4) is 34.4 Å². The number of hydrogen-bond acceptors (Lipinski definition) is 3. The SMILES string of the molecule is c1ccc(-n2c3ccccc3c3cc(N(c4ccc(-n5c6ccccc6c6ccccc65)cc4)c4ccc5c(c4)Oc4ccccc4O5)ccc32)cc1. The van der Waals surface area contributed by atoms with E-state index in [1.54, 1.807) is 0 Å². The van der Waals surface area contributed by atoms with Gasteiger partial charge < -0.3 is 23.5 Å². The molecule has 3 heterocycles. The third kappa shape index (κ3) is 4.64. The highest BCUT2D eigenvalue weighted by Gasteiger charge is 2.23. The average molecular weight is 682 g/mol. The standard InChI is InChI=1S/C48H31N3O2/c1-2-12-32(13-3-1)50-43-19-9-6-16-39(43)40-30-35(26-28-44(40)50)49(36-27-29-47-48(31-36)53-46-21-11-10-20-45(46)52-47)33-22-24-34(25-23-33)51-41-17-7-4-14-37(41)38-15-5-8-18-42(38)51/h1-31H. The molecule has 0 saturated heterocycles. The molecule has 0 bridgehead atoms. The molecule has 0 saturated carbocycles. The molecule has 11 rings (SSSR count). The summed E-state index contributed by atoms with van der Waals surface area (Å²) in [5.41, 5.74) is 9.96. The summed E-state index contributed by atoms with van der Waals surface area (Å²) in [5.74, 6) is 2.78. The van der Waals surface area contributed by atoms with Gasteiger partial charge in [0, 0.05) is 50.4 Å². The summed E-state index contributed by atoms with van der Waals surface area (Å²) in [6.07, 6.45) is 0. The molecule has 0 N–H and O–H groups in total. The van der Waals surface area contributed by atoms with Crippen LogP contribution in [-0.2, 0) is 0 Å². The molecule has 53 heavy (non-hydrogen) atoms. The van der Waals surface area contributed by atoms with Gasteiger partial charge in [0.2, 0.25) is 0 Å². The lowest BCUT2D eigenvalue weighted by Gasteiger charge is -2.28. The molecule has 0 radical (unpaired) electrons. The molecule has 5 heteroatoms. The van der Waals surface area contributed by atoms with E-state index in [0.717, 1.165) is 34.0 Å². The molecular weight excluding hydrogens is 651 g/mol. The van der Waals surface area contributed by atoms with Gasteiger partial charge in [-0.2, -0.15) is 0 Å². The molecule has 0 spiro atoms. The van der Waals surface area contributed by atoms with Gasteiger partial charge >= 0.3 is 0 Å². The largest absolute Gasteiger partial charge is 0.450 e. The zero-order valence-corrected chi connectivity index (χ0v) is 28.6. The number of rotatable bonds is 5. The highest BCUT2D eigenvalue weighted by atomic mass is 16.6. The minimum absolute atomic E-state index is 0.676. The summed E-state index contributed by atoms with van der Waals surface area (Å²) in [6, 6.07) is 66.1. The van der Waals surface area contributed by atoms with E-state index in [2.05, 4.69) is 172 Å². The smallest absolute Gasteiger partial charge is 0.172 e. The molecule has 1 aliphatic rings. The van der Waals surface area contributed by atoms with Crippen LogP contribution in [0.5, 0.6) is 23.0 Å². The highest BCUT2D eigenvalue weighted by molar-refractivity contribution is 6.11. The van der Waals surface area contributed by atoms with Gasteiger partial charge in [-0.15, -0.1) is 0 Å². The van der Waals surface area contributed by atoms with E-state index in [4.69, 9.17) is 9.47 Å². The lowest BCUT2D eigenvalue weighted by atomic mass is 10.1. The normalized spacial score (nSPS) is 12.1. The lowest BCUT2D eigenvalue weighted by molar-refractivity contribution is 0.360. The maximum Gasteiger partial charge on any atom is 0.172 e. The second kappa shape index (κ2) is 11.7. The van der Waals surface area contributed by atoms with Crippen LogP contribution in [0.25, 0.3) is 55.0 Å². The number of benzene rings is 8. The van der Waals surface area contributed by atoms with Gasteiger partial charge in [-0.05, 0) is 97.1 Å². The number of para-hydroxylation sites is 6. The van der Waals surface area contributed by atoms with E-state index >= 15 is 0 Å². The third-order valence-corrected chi connectivity index (χ3v) is 10.3. The first-order valence-corrected chi connectivity index (χ1v) is 17.8. The maximum atomic E-state index is 6.41. The molecule has 0 atom stereocenters. The number of ether oxygens (including phenoxy) is 2. The molecule has 0 amide bonds. The van der Waals surface area contributed by atoms with Crippen LogP contribution in [0.15, 0.2) is 188 Å². The Labute approximate surface area is 305 Å². The van der Waals surface area contributed by atoms with Crippen LogP contribution in [0, 0.1) is 0 Å². The van der Waals surface area contributed by atoms with Crippen molar-refractivity contribution >= 4 is 60.7 Å². The minimum atomic E-state index is 0.676. The average Bonchev–Trinajstić information content (AvgIpc) is 3.73. The number of fused-ring (bicyclic) bond motifs is 8. The van der Waals surface area contributed by atoms with Crippen molar-refractivity contribution in [1.82, 2.24) is 9.13 Å². The van der Waals surface area contributed by atoms with Crippen LogP contribution in [0.3, 0.4) is 0 Å². The Morgan fingerprint density at radius 1 is 0.302 bits per heavy atom. The van der Waals surface area contributed by atoms with Gasteiger partial charge in [-0.1, -0.05) is 84.9 Å². The van der Waals surface area contributed by atoms with Gasteiger partial charge in [0.05, 0.1) is 27.8 Å². The second-order valence-electron chi connectivity index (χ2n) is 13.4. The van der Waals surface area contributed by atoms with E-state index in [0.29, 0.717) is 23.0 Å². The molecule has 250 valence electrons. The van der Waals surface area contributed by atoms with Crippen LogP contribution >= 0.6 is 0 Å².